The van der Waals surface area contributed by atoms with E-state index in [9.17, 15) is 0 Å². The molecular weight excluding hydrogens is 220 g/mol. The van der Waals surface area contributed by atoms with Gasteiger partial charge in [-0.1, -0.05) is 59.5 Å². The van der Waals surface area contributed by atoms with Gasteiger partial charge in [0.1, 0.15) is 0 Å². The zero-order valence-corrected chi connectivity index (χ0v) is 11.6. The average Bonchev–Trinajstić information content (AvgIpc) is 2.32. The molecule has 0 aliphatic rings. The number of rotatable bonds is 5. The first-order valence-corrected chi connectivity index (χ1v) is 6.03. The van der Waals surface area contributed by atoms with E-state index >= 15 is 0 Å². The zero-order chi connectivity index (χ0) is 14.3. The second kappa shape index (κ2) is 15.0. The highest BCUT2D eigenvalue weighted by Crippen LogP contribution is 2.33. The van der Waals surface area contributed by atoms with Crippen LogP contribution in [0.1, 0.15) is 53.4 Å². The molecule has 0 aliphatic heterocycles. The first-order chi connectivity index (χ1) is 7.89. The standard InChI is InChI=1S/C9H20.C3H6O.CH2O3/c1-5-9(6-2,7-3)8-4;1-2-3-4;2-1(3)4/h5-8H2,1-4H3;2,4H,1,3H2;(H2,2,3,4). The molecule has 0 heterocycles. The van der Waals surface area contributed by atoms with Crippen LogP contribution in [-0.4, -0.2) is 28.1 Å². The minimum absolute atomic E-state index is 0.0833. The van der Waals surface area contributed by atoms with Gasteiger partial charge in [0.15, 0.2) is 0 Å². The Balaban J connectivity index is -0.000000205. The summed E-state index contributed by atoms with van der Waals surface area (Å²) in [5.74, 6) is 0. The third-order valence-corrected chi connectivity index (χ3v) is 3.13. The quantitative estimate of drug-likeness (QED) is 0.643. The predicted molar refractivity (Wildman–Crippen MR) is 71.5 cm³/mol. The second-order valence-corrected chi connectivity index (χ2v) is 3.67. The maximum Gasteiger partial charge on any atom is 0.503 e. The lowest BCUT2D eigenvalue weighted by atomic mass is 9.78. The van der Waals surface area contributed by atoms with Crippen molar-refractivity contribution < 1.29 is 20.1 Å². The van der Waals surface area contributed by atoms with Crippen LogP contribution < -0.4 is 0 Å². The first kappa shape index (κ1) is 21.3. The molecule has 0 aliphatic carbocycles. The van der Waals surface area contributed by atoms with E-state index < -0.39 is 6.16 Å². The fraction of sp³-hybridized carbons (Fsp3) is 0.769. The Morgan fingerprint density at radius 1 is 1.06 bits per heavy atom. The van der Waals surface area contributed by atoms with E-state index in [0.29, 0.717) is 5.41 Å². The fourth-order valence-corrected chi connectivity index (χ4v) is 1.50. The molecule has 0 aromatic heterocycles. The molecule has 4 heteroatoms. The summed E-state index contributed by atoms with van der Waals surface area (Å²) in [6, 6.07) is 0. The highest BCUT2D eigenvalue weighted by atomic mass is 16.6. The lowest BCUT2D eigenvalue weighted by molar-refractivity contribution is 0.137. The van der Waals surface area contributed by atoms with Gasteiger partial charge in [0.2, 0.25) is 0 Å². The molecule has 0 radical (unpaired) electrons. The Labute approximate surface area is 105 Å². The van der Waals surface area contributed by atoms with Crippen LogP contribution in [0, 0.1) is 5.41 Å². The van der Waals surface area contributed by atoms with Crippen molar-refractivity contribution in [1.29, 1.82) is 0 Å². The first-order valence-electron chi connectivity index (χ1n) is 6.03. The van der Waals surface area contributed by atoms with Gasteiger partial charge in [-0.15, -0.1) is 6.58 Å². The molecule has 0 aromatic rings. The summed E-state index contributed by atoms with van der Waals surface area (Å²) in [5, 5.41) is 21.7. The molecule has 0 saturated carbocycles. The lowest BCUT2D eigenvalue weighted by Gasteiger charge is -2.28. The minimum Gasteiger partial charge on any atom is -0.450 e. The Hall–Kier alpha value is -1.03. The van der Waals surface area contributed by atoms with Crippen LogP contribution in [0.3, 0.4) is 0 Å². The normalized spacial score (nSPS) is 9.24. The summed E-state index contributed by atoms with van der Waals surface area (Å²) in [5.41, 5.74) is 0.667. The van der Waals surface area contributed by atoms with Crippen molar-refractivity contribution in [3.8, 4) is 0 Å². The molecular formula is C13H28O4. The number of hydrogen-bond acceptors (Lipinski definition) is 2. The topological polar surface area (TPSA) is 77.8 Å². The summed E-state index contributed by atoms with van der Waals surface area (Å²) in [6.07, 6.45) is 4.97. The van der Waals surface area contributed by atoms with Gasteiger partial charge in [-0.05, 0) is 5.41 Å². The summed E-state index contributed by atoms with van der Waals surface area (Å²) in [7, 11) is 0. The van der Waals surface area contributed by atoms with E-state index in [-0.39, 0.29) is 6.61 Å². The minimum atomic E-state index is -1.83. The van der Waals surface area contributed by atoms with Gasteiger partial charge >= 0.3 is 6.16 Å². The van der Waals surface area contributed by atoms with Gasteiger partial charge in [-0.25, -0.2) is 4.79 Å². The molecule has 104 valence electrons. The highest BCUT2D eigenvalue weighted by molar-refractivity contribution is 5.53. The zero-order valence-electron chi connectivity index (χ0n) is 11.6. The van der Waals surface area contributed by atoms with E-state index in [1.807, 2.05) is 0 Å². The van der Waals surface area contributed by atoms with Crippen molar-refractivity contribution in [1.82, 2.24) is 0 Å². The molecule has 0 spiro atoms. The molecule has 0 fully saturated rings. The molecule has 17 heavy (non-hydrogen) atoms. The lowest BCUT2D eigenvalue weighted by Crippen LogP contribution is -2.15. The number of hydrogen-bond donors (Lipinski definition) is 3. The Morgan fingerprint density at radius 2 is 1.24 bits per heavy atom. The van der Waals surface area contributed by atoms with Crippen LogP contribution in [0.15, 0.2) is 12.7 Å². The maximum absolute atomic E-state index is 8.56. The van der Waals surface area contributed by atoms with Crippen molar-refractivity contribution in [2.75, 3.05) is 6.61 Å². The van der Waals surface area contributed by atoms with Gasteiger partial charge in [-0.2, -0.15) is 0 Å². The predicted octanol–water partition coefficient (Wildman–Crippen LogP) is 4.00. The molecule has 0 rings (SSSR count). The summed E-state index contributed by atoms with van der Waals surface area (Å²) in [6.45, 7) is 12.5. The number of carboxylic acid groups (broad SMARTS) is 2. The Morgan fingerprint density at radius 3 is 1.24 bits per heavy atom. The van der Waals surface area contributed by atoms with Crippen LogP contribution in [0.4, 0.5) is 4.79 Å². The summed E-state index contributed by atoms with van der Waals surface area (Å²) < 4.78 is 0. The molecule has 0 aromatic carbocycles. The molecule has 0 unspecified atom stereocenters. The van der Waals surface area contributed by atoms with Crippen molar-refractivity contribution in [3.63, 3.8) is 0 Å². The molecule has 4 nitrogen and oxygen atoms in total. The summed E-state index contributed by atoms with van der Waals surface area (Å²) >= 11 is 0. The van der Waals surface area contributed by atoms with Crippen LogP contribution in [0.2, 0.25) is 0 Å². The molecule has 0 bridgehead atoms. The number of aliphatic hydroxyl groups excluding tert-OH is 1. The van der Waals surface area contributed by atoms with Crippen LogP contribution in [-0.2, 0) is 0 Å². The molecule has 0 amide bonds. The monoisotopic (exact) mass is 248 g/mol. The van der Waals surface area contributed by atoms with E-state index in [1.165, 1.54) is 31.8 Å². The Kier molecular flexibility index (Phi) is 18.7. The molecule has 3 N–H and O–H groups in total. The summed E-state index contributed by atoms with van der Waals surface area (Å²) in [4.78, 5) is 8.56. The number of carbonyl (C=O) groups is 1. The van der Waals surface area contributed by atoms with Crippen LogP contribution in [0.5, 0.6) is 0 Å². The average molecular weight is 248 g/mol. The van der Waals surface area contributed by atoms with Gasteiger partial charge in [0.25, 0.3) is 0 Å². The van der Waals surface area contributed by atoms with Gasteiger partial charge in [0.05, 0.1) is 6.61 Å². The third-order valence-electron chi connectivity index (χ3n) is 3.13. The molecule has 0 atom stereocenters. The van der Waals surface area contributed by atoms with E-state index in [0.717, 1.165) is 0 Å². The highest BCUT2D eigenvalue weighted by Gasteiger charge is 2.20. The van der Waals surface area contributed by atoms with Gasteiger partial charge in [0, 0.05) is 0 Å². The fourth-order valence-electron chi connectivity index (χ4n) is 1.50. The van der Waals surface area contributed by atoms with Crippen molar-refractivity contribution >= 4 is 6.16 Å². The smallest absolute Gasteiger partial charge is 0.450 e. The maximum atomic E-state index is 8.56. The van der Waals surface area contributed by atoms with Crippen LogP contribution in [0.25, 0.3) is 0 Å². The largest absolute Gasteiger partial charge is 0.503 e. The van der Waals surface area contributed by atoms with Gasteiger partial charge < -0.3 is 15.3 Å². The van der Waals surface area contributed by atoms with Crippen molar-refractivity contribution in [2.45, 2.75) is 53.4 Å². The van der Waals surface area contributed by atoms with Gasteiger partial charge in [-0.3, -0.25) is 0 Å². The van der Waals surface area contributed by atoms with Crippen molar-refractivity contribution in [3.05, 3.63) is 12.7 Å². The van der Waals surface area contributed by atoms with E-state index in [1.54, 1.807) is 0 Å². The number of aliphatic hydroxyl groups is 1. The van der Waals surface area contributed by atoms with Crippen LogP contribution >= 0.6 is 0 Å². The SMILES string of the molecule is C=CCO.CCC(CC)(CC)CC.O=C(O)O. The van der Waals surface area contributed by atoms with E-state index in [2.05, 4.69) is 34.3 Å². The molecule has 0 saturated heterocycles. The van der Waals surface area contributed by atoms with Crippen molar-refractivity contribution in [2.24, 2.45) is 5.41 Å². The van der Waals surface area contributed by atoms with E-state index in [4.69, 9.17) is 20.1 Å². The Bertz CT molecular complexity index is 153. The second-order valence-electron chi connectivity index (χ2n) is 3.67. The third kappa shape index (κ3) is 17.6.